The maximum atomic E-state index is 7.08. The summed E-state index contributed by atoms with van der Waals surface area (Å²) >= 11 is 3.69. The monoisotopic (exact) mass is 789 g/mol. The Bertz CT molecular complexity index is 2220. The minimum atomic E-state index is -0.393. The van der Waals surface area contributed by atoms with E-state index in [0.29, 0.717) is 33.0 Å². The average molecular weight is 790 g/mol. The summed E-state index contributed by atoms with van der Waals surface area (Å²) in [5, 5.41) is -0.0922. The molecule has 0 aliphatic carbocycles. The molecule has 0 unspecified atom stereocenters. The van der Waals surface area contributed by atoms with Crippen LogP contribution in [0.3, 0.4) is 0 Å². The third-order valence-corrected chi connectivity index (χ3v) is 12.8. The fourth-order valence-corrected chi connectivity index (χ4v) is 9.91. The lowest BCUT2D eigenvalue weighted by atomic mass is 9.94. The second-order valence-corrected chi connectivity index (χ2v) is 16.8. The fourth-order valence-electron chi connectivity index (χ4n) is 7.26. The van der Waals surface area contributed by atoms with E-state index in [1.165, 1.54) is 20.9 Å². The van der Waals surface area contributed by atoms with E-state index >= 15 is 0 Å². The molecule has 1 fully saturated rings. The molecule has 0 radical (unpaired) electrons. The summed E-state index contributed by atoms with van der Waals surface area (Å²) in [6.07, 6.45) is 1.66. The highest BCUT2D eigenvalue weighted by atomic mass is 32.2. The molecule has 0 spiro atoms. The van der Waals surface area contributed by atoms with Crippen LogP contribution in [0.25, 0.3) is 10.6 Å². The summed E-state index contributed by atoms with van der Waals surface area (Å²) in [6.45, 7) is 2.37. The molecule has 3 heterocycles. The van der Waals surface area contributed by atoms with Gasteiger partial charge in [-0.1, -0.05) is 152 Å². The lowest BCUT2D eigenvalue weighted by molar-refractivity contribution is -0.160. The second kappa shape index (κ2) is 20.0. The number of rotatable bonds is 17. The first-order valence-electron chi connectivity index (χ1n) is 19.6. The van der Waals surface area contributed by atoms with E-state index in [4.69, 9.17) is 18.9 Å². The smallest absolute Gasteiger partial charge is 0.113 e. The van der Waals surface area contributed by atoms with Crippen molar-refractivity contribution < 1.29 is 18.9 Å². The molecule has 1 aliphatic rings. The van der Waals surface area contributed by atoms with Crippen molar-refractivity contribution in [2.45, 2.75) is 61.7 Å². The van der Waals surface area contributed by atoms with E-state index in [9.17, 15) is 0 Å². The molecule has 1 saturated heterocycles. The molecule has 8 rings (SSSR count). The van der Waals surface area contributed by atoms with E-state index in [-0.39, 0.29) is 22.7 Å². The van der Waals surface area contributed by atoms with Gasteiger partial charge in [-0.05, 0) is 57.6 Å². The average Bonchev–Trinajstić information content (AvgIpc) is 3.75. The summed E-state index contributed by atoms with van der Waals surface area (Å²) in [6, 6.07) is 61.0. The number of thiophene rings is 1. The van der Waals surface area contributed by atoms with Crippen molar-refractivity contribution in [2.75, 3.05) is 6.61 Å². The van der Waals surface area contributed by atoms with Gasteiger partial charge in [-0.15, -0.1) is 23.1 Å². The van der Waals surface area contributed by atoms with Crippen LogP contribution >= 0.6 is 23.1 Å². The summed E-state index contributed by atoms with van der Waals surface area (Å²) in [5.41, 5.74) is 7.95. The molecule has 7 heteroatoms. The van der Waals surface area contributed by atoms with Gasteiger partial charge in [0, 0.05) is 17.5 Å². The van der Waals surface area contributed by atoms with Crippen molar-refractivity contribution in [1.82, 2.24) is 4.98 Å². The minimum absolute atomic E-state index is 0.0401. The molecule has 0 saturated carbocycles. The van der Waals surface area contributed by atoms with Crippen molar-refractivity contribution in [1.29, 1.82) is 0 Å². The van der Waals surface area contributed by atoms with Gasteiger partial charge in [0.15, 0.2) is 0 Å². The fraction of sp³-hybridized carbons (Fsp3) is 0.220. The number of aromatic nitrogens is 1. The van der Waals surface area contributed by atoms with Crippen LogP contribution in [0, 0.1) is 0 Å². The molecule has 0 bridgehead atoms. The van der Waals surface area contributed by atoms with Gasteiger partial charge in [0.1, 0.15) is 18.3 Å². The van der Waals surface area contributed by atoms with E-state index < -0.39 is 6.10 Å². The van der Waals surface area contributed by atoms with Crippen LogP contribution in [0.2, 0.25) is 0 Å². The highest BCUT2D eigenvalue weighted by Gasteiger charge is 2.48. The number of hydrogen-bond acceptors (Lipinski definition) is 7. The molecular formula is C50H47NO4S2. The largest absolute Gasteiger partial charge is 0.376 e. The quantitative estimate of drug-likeness (QED) is 0.0916. The Hall–Kier alpha value is -4.86. The predicted molar refractivity (Wildman–Crippen MR) is 232 cm³/mol. The summed E-state index contributed by atoms with van der Waals surface area (Å²) in [7, 11) is 0. The molecule has 5 aromatic carbocycles. The van der Waals surface area contributed by atoms with Crippen LogP contribution in [-0.2, 0) is 51.8 Å². The highest BCUT2D eigenvalue weighted by Crippen LogP contribution is 2.47. The van der Waals surface area contributed by atoms with Crippen molar-refractivity contribution in [3.63, 3.8) is 0 Å². The third-order valence-electron chi connectivity index (χ3n) is 10.1. The van der Waals surface area contributed by atoms with Crippen LogP contribution in [0.15, 0.2) is 182 Å². The van der Waals surface area contributed by atoms with Gasteiger partial charge < -0.3 is 18.9 Å². The number of pyridine rings is 1. The van der Waals surface area contributed by atoms with E-state index in [0.717, 1.165) is 34.4 Å². The molecule has 0 amide bonds. The first kappa shape index (κ1) is 39.0. The van der Waals surface area contributed by atoms with Crippen molar-refractivity contribution in [3.8, 4) is 10.6 Å². The molecule has 288 valence electrons. The van der Waals surface area contributed by atoms with Crippen LogP contribution < -0.4 is 0 Å². The molecule has 0 N–H and O–H groups in total. The Morgan fingerprint density at radius 2 is 1.02 bits per heavy atom. The molecule has 1 aliphatic heterocycles. The van der Waals surface area contributed by atoms with Gasteiger partial charge in [-0.3, -0.25) is 4.98 Å². The molecule has 5 nitrogen and oxygen atoms in total. The maximum Gasteiger partial charge on any atom is 0.113 e. The van der Waals surface area contributed by atoms with Gasteiger partial charge in [0.25, 0.3) is 0 Å². The van der Waals surface area contributed by atoms with E-state index in [1.807, 2.05) is 54.4 Å². The lowest BCUT2D eigenvalue weighted by Gasteiger charge is -2.46. The number of thioether (sulfide) groups is 1. The number of hydrogen-bond donors (Lipinski definition) is 0. The maximum absolute atomic E-state index is 7.08. The highest BCUT2D eigenvalue weighted by molar-refractivity contribution is 8.00. The Kier molecular flexibility index (Phi) is 13.7. The predicted octanol–water partition coefficient (Wildman–Crippen LogP) is 11.5. The minimum Gasteiger partial charge on any atom is -0.376 e. The standard InChI is InChI=1S/C50H47NO4S2/c1-5-16-37(17-6-1)32-52-36-46-47(53-33-38-18-7-2-8-19-38)48(54-34-39-20-9-3-10-21-39)49(55-35-40-22-11-4-12-23-40)50(57-46)42-25-15-24-41(30-42)31-43-27-28-45(56-43)44-26-13-14-29-51-44/h1-30,46-50H,31-36H2/t46-,47-,48+,49-,50+/m1/s1. The lowest BCUT2D eigenvalue weighted by Crippen LogP contribution is -2.54. The number of nitrogens with zero attached hydrogens (tertiary/aromatic N) is 1. The van der Waals surface area contributed by atoms with Crippen molar-refractivity contribution in [2.24, 2.45) is 0 Å². The zero-order valence-electron chi connectivity index (χ0n) is 31.8. The first-order chi connectivity index (χ1) is 28.2. The van der Waals surface area contributed by atoms with Gasteiger partial charge >= 0.3 is 0 Å². The Labute approximate surface area is 344 Å². The third kappa shape index (κ3) is 10.8. The Morgan fingerprint density at radius 1 is 0.474 bits per heavy atom. The number of ether oxygens (including phenoxy) is 4. The summed E-state index contributed by atoms with van der Waals surface area (Å²) in [4.78, 5) is 7.05. The molecule has 2 aromatic heterocycles. The van der Waals surface area contributed by atoms with E-state index in [1.54, 1.807) is 11.3 Å². The van der Waals surface area contributed by atoms with Gasteiger partial charge in [0.05, 0.1) is 54.1 Å². The summed E-state index contributed by atoms with van der Waals surface area (Å²) < 4.78 is 27.7. The van der Waals surface area contributed by atoms with Gasteiger partial charge in [-0.25, -0.2) is 0 Å². The van der Waals surface area contributed by atoms with Crippen LogP contribution in [0.4, 0.5) is 0 Å². The zero-order chi connectivity index (χ0) is 38.5. The van der Waals surface area contributed by atoms with Crippen molar-refractivity contribution >= 4 is 23.1 Å². The van der Waals surface area contributed by atoms with Crippen LogP contribution in [-0.4, -0.2) is 35.2 Å². The topological polar surface area (TPSA) is 49.8 Å². The zero-order valence-corrected chi connectivity index (χ0v) is 33.5. The molecular weight excluding hydrogens is 743 g/mol. The van der Waals surface area contributed by atoms with Gasteiger partial charge in [-0.2, -0.15) is 0 Å². The second-order valence-electron chi connectivity index (χ2n) is 14.3. The summed E-state index contributed by atoms with van der Waals surface area (Å²) in [5.74, 6) is 0. The Morgan fingerprint density at radius 3 is 1.61 bits per heavy atom. The Balaban J connectivity index is 1.13. The van der Waals surface area contributed by atoms with Crippen molar-refractivity contribution in [3.05, 3.63) is 220 Å². The van der Waals surface area contributed by atoms with Gasteiger partial charge in [0.2, 0.25) is 0 Å². The molecule has 7 aromatic rings. The molecule has 57 heavy (non-hydrogen) atoms. The first-order valence-corrected chi connectivity index (χ1v) is 21.3. The van der Waals surface area contributed by atoms with E-state index in [2.05, 4.69) is 145 Å². The molecule has 5 atom stereocenters. The van der Waals surface area contributed by atoms with Crippen LogP contribution in [0.5, 0.6) is 0 Å². The number of benzene rings is 5. The van der Waals surface area contributed by atoms with Crippen LogP contribution in [0.1, 0.15) is 43.5 Å². The SMILES string of the molecule is c1ccc(COC[C@H]2S[C@@H](c3cccc(Cc4ccc(-c5ccccn5)s4)c3)[C@H](OCc3ccccc3)[C@@H](OCc3ccccc3)[C@@H]2OCc2ccccc2)cc1. The normalized spacial score (nSPS) is 19.3.